The van der Waals surface area contributed by atoms with Gasteiger partial charge in [-0.05, 0) is 12.1 Å². The minimum absolute atomic E-state index is 0.335. The van der Waals surface area contributed by atoms with Gasteiger partial charge < -0.3 is 4.42 Å². The second-order valence-electron chi connectivity index (χ2n) is 2.26. The van der Waals surface area contributed by atoms with Crippen molar-refractivity contribution >= 4 is 22.0 Å². The number of oxazole rings is 1. The predicted octanol–water partition coefficient (Wildman–Crippen LogP) is 1.37. The Hall–Kier alpha value is -1.14. The predicted molar refractivity (Wildman–Crippen MR) is 48.4 cm³/mol. The Morgan fingerprint density at radius 2 is 2.23 bits per heavy atom. The van der Waals surface area contributed by atoms with Crippen LogP contribution in [-0.4, -0.2) is 13.4 Å². The summed E-state index contributed by atoms with van der Waals surface area (Å²) in [6.45, 7) is 0. The maximum atomic E-state index is 10.6. The molecule has 0 unspecified atom stereocenters. The normalized spacial score (nSPS) is 10.8. The molecule has 2 aromatic heterocycles. The van der Waals surface area contributed by atoms with Gasteiger partial charge >= 0.3 is 0 Å². The van der Waals surface area contributed by atoms with Gasteiger partial charge in [0.1, 0.15) is 4.21 Å². The van der Waals surface area contributed by atoms with Crippen LogP contribution in [-0.2, 0) is 10.7 Å². The van der Waals surface area contributed by atoms with Crippen molar-refractivity contribution in [2.75, 3.05) is 0 Å². The molecule has 2 heterocycles. The zero-order valence-corrected chi connectivity index (χ0v) is 8.05. The molecule has 0 radical (unpaired) electrons. The van der Waals surface area contributed by atoms with E-state index in [4.69, 9.17) is 4.42 Å². The second kappa shape index (κ2) is 3.31. The average Bonchev–Trinajstić information content (AvgIpc) is 2.75. The summed E-state index contributed by atoms with van der Waals surface area (Å²) in [6, 6.07) is 3.25. The number of aromatic nitrogens is 1. The van der Waals surface area contributed by atoms with E-state index in [0.29, 0.717) is 9.97 Å². The van der Waals surface area contributed by atoms with Crippen molar-refractivity contribution in [1.29, 1.82) is 0 Å². The summed E-state index contributed by atoms with van der Waals surface area (Å²) in [6.07, 6.45) is 2.86. The molecule has 0 N–H and O–H groups in total. The highest BCUT2D eigenvalue weighted by Crippen LogP contribution is 2.28. The molecule has 4 nitrogen and oxygen atoms in total. The first-order valence-corrected chi connectivity index (χ1v) is 5.40. The molecule has 0 fully saturated rings. The van der Waals surface area contributed by atoms with Crippen LogP contribution < -0.4 is 0 Å². The van der Waals surface area contributed by atoms with E-state index in [1.165, 1.54) is 17.7 Å². The topological polar surface area (TPSA) is 60.2 Å². The van der Waals surface area contributed by atoms with Gasteiger partial charge in [0.2, 0.25) is 0 Å². The fraction of sp³-hybridized carbons (Fsp3) is 0. The van der Waals surface area contributed by atoms with Gasteiger partial charge in [-0.2, -0.15) is 0 Å². The van der Waals surface area contributed by atoms with E-state index in [9.17, 15) is 8.42 Å². The molecule has 2 rings (SSSR count). The zero-order chi connectivity index (χ0) is 9.26. The Morgan fingerprint density at radius 1 is 1.38 bits per heavy atom. The van der Waals surface area contributed by atoms with Gasteiger partial charge in [-0.1, -0.05) is 0 Å². The van der Waals surface area contributed by atoms with Crippen molar-refractivity contribution in [1.82, 2.24) is 4.98 Å². The van der Waals surface area contributed by atoms with Crippen LogP contribution in [0.2, 0.25) is 0 Å². The van der Waals surface area contributed by atoms with Gasteiger partial charge in [-0.15, -0.1) is 11.3 Å². The largest absolute Gasteiger partial charge is 0.443 e. The van der Waals surface area contributed by atoms with Gasteiger partial charge in [0.25, 0.3) is 0 Å². The smallest absolute Gasteiger partial charge is 0.181 e. The van der Waals surface area contributed by atoms with Crippen LogP contribution in [0.1, 0.15) is 0 Å². The number of thiophene rings is 1. The van der Waals surface area contributed by atoms with Gasteiger partial charge in [0.05, 0.1) is 11.1 Å². The lowest BCUT2D eigenvalue weighted by Gasteiger charge is -1.84. The Balaban J connectivity index is 2.44. The summed E-state index contributed by atoms with van der Waals surface area (Å²) < 4.78 is 26.5. The molecule has 2 aromatic rings. The molecular weight excluding hydrogens is 210 g/mol. The number of hydrogen-bond acceptors (Lipinski definition) is 5. The Bertz CT molecular complexity index is 462. The molecule has 0 spiro atoms. The van der Waals surface area contributed by atoms with E-state index < -0.39 is 10.7 Å². The molecule has 0 aliphatic heterocycles. The lowest BCUT2D eigenvalue weighted by molar-refractivity contribution is 0.573. The standard InChI is InChI=1S/C7H5NO3S2/c9-13(10)7-2-1-6(12-7)5-3-8-4-11-5/h1-4,13H. The maximum absolute atomic E-state index is 10.6. The monoisotopic (exact) mass is 215 g/mol. The number of thiol groups is 1. The van der Waals surface area contributed by atoms with Crippen molar-refractivity contribution in [3.63, 3.8) is 0 Å². The van der Waals surface area contributed by atoms with Crippen molar-refractivity contribution in [2.45, 2.75) is 4.21 Å². The Kier molecular flexibility index (Phi) is 2.15. The van der Waals surface area contributed by atoms with Gasteiger partial charge in [0.15, 0.2) is 22.9 Å². The van der Waals surface area contributed by atoms with E-state index in [1.54, 1.807) is 18.3 Å². The van der Waals surface area contributed by atoms with Crippen LogP contribution in [0.5, 0.6) is 0 Å². The van der Waals surface area contributed by atoms with E-state index in [2.05, 4.69) is 4.98 Å². The first kappa shape index (κ1) is 8.46. The lowest BCUT2D eigenvalue weighted by atomic mass is 10.4. The van der Waals surface area contributed by atoms with E-state index in [-0.39, 0.29) is 0 Å². The summed E-state index contributed by atoms with van der Waals surface area (Å²) in [4.78, 5) is 4.51. The highest BCUT2D eigenvalue weighted by Gasteiger charge is 2.06. The number of rotatable bonds is 2. The summed E-state index contributed by atoms with van der Waals surface area (Å²) in [5.41, 5.74) is 0. The van der Waals surface area contributed by atoms with Crippen molar-refractivity contribution < 1.29 is 12.8 Å². The fourth-order valence-corrected chi connectivity index (χ4v) is 2.38. The molecule has 0 bridgehead atoms. The molecule has 0 saturated carbocycles. The molecule has 0 aliphatic carbocycles. The van der Waals surface area contributed by atoms with Crippen molar-refractivity contribution in [2.24, 2.45) is 0 Å². The third-order valence-corrected chi connectivity index (χ3v) is 3.58. The van der Waals surface area contributed by atoms with Crippen LogP contribution in [0, 0.1) is 0 Å². The minimum atomic E-state index is -2.49. The molecule has 13 heavy (non-hydrogen) atoms. The highest BCUT2D eigenvalue weighted by atomic mass is 32.2. The zero-order valence-electron chi connectivity index (χ0n) is 6.34. The molecule has 6 heteroatoms. The minimum Gasteiger partial charge on any atom is -0.443 e. The highest BCUT2D eigenvalue weighted by molar-refractivity contribution is 7.75. The molecule has 0 saturated heterocycles. The maximum Gasteiger partial charge on any atom is 0.181 e. The third kappa shape index (κ3) is 1.63. The summed E-state index contributed by atoms with van der Waals surface area (Å²) >= 11 is 1.17. The van der Waals surface area contributed by atoms with E-state index >= 15 is 0 Å². The van der Waals surface area contributed by atoms with Crippen LogP contribution in [0.15, 0.2) is 33.3 Å². The Morgan fingerprint density at radius 3 is 2.77 bits per heavy atom. The lowest BCUT2D eigenvalue weighted by Crippen LogP contribution is -1.67. The molecular formula is C7H5NO3S2. The first-order chi connectivity index (χ1) is 6.27. The third-order valence-electron chi connectivity index (χ3n) is 1.45. The van der Waals surface area contributed by atoms with Crippen molar-refractivity contribution in [3.8, 4) is 10.6 Å². The molecule has 0 amide bonds. The van der Waals surface area contributed by atoms with Gasteiger partial charge in [-0.25, -0.2) is 13.4 Å². The first-order valence-electron chi connectivity index (χ1n) is 3.40. The Labute approximate surface area is 79.8 Å². The number of hydrogen-bond donors (Lipinski definition) is 1. The molecule has 68 valence electrons. The number of nitrogens with zero attached hydrogens (tertiary/aromatic N) is 1. The summed E-state index contributed by atoms with van der Waals surface area (Å²) in [5, 5.41) is 0. The van der Waals surface area contributed by atoms with E-state index in [1.807, 2.05) is 0 Å². The van der Waals surface area contributed by atoms with Gasteiger partial charge in [0, 0.05) is 0 Å². The molecule has 0 aromatic carbocycles. The molecule has 0 atom stereocenters. The average molecular weight is 215 g/mol. The quantitative estimate of drug-likeness (QED) is 0.769. The van der Waals surface area contributed by atoms with Crippen LogP contribution in [0.3, 0.4) is 0 Å². The van der Waals surface area contributed by atoms with Crippen molar-refractivity contribution in [3.05, 3.63) is 24.7 Å². The van der Waals surface area contributed by atoms with Crippen LogP contribution in [0.25, 0.3) is 10.6 Å². The fourth-order valence-electron chi connectivity index (χ4n) is 0.896. The van der Waals surface area contributed by atoms with E-state index in [0.717, 1.165) is 4.88 Å². The second-order valence-corrected chi connectivity index (χ2v) is 4.64. The SMILES string of the molecule is O=[SH](=O)c1ccc(-c2cnco2)s1. The van der Waals surface area contributed by atoms with Crippen LogP contribution >= 0.6 is 11.3 Å². The van der Waals surface area contributed by atoms with Gasteiger partial charge in [-0.3, -0.25) is 0 Å². The summed E-state index contributed by atoms with van der Waals surface area (Å²) in [5.74, 6) is 0.591. The van der Waals surface area contributed by atoms with Crippen LogP contribution in [0.4, 0.5) is 0 Å². The molecule has 0 aliphatic rings. The summed E-state index contributed by atoms with van der Waals surface area (Å²) in [7, 11) is -2.49.